The Balaban J connectivity index is 1.57. The fourth-order valence-electron chi connectivity index (χ4n) is 3.29. The van der Waals surface area contributed by atoms with E-state index in [1.165, 1.54) is 11.6 Å². The first-order valence-electron chi connectivity index (χ1n) is 8.55. The van der Waals surface area contributed by atoms with Crippen LogP contribution in [0.5, 0.6) is 5.75 Å². The Bertz CT molecular complexity index is 718. The second-order valence-electron chi connectivity index (χ2n) is 6.27. The molecule has 0 bridgehead atoms. The average Bonchev–Trinajstić information content (AvgIpc) is 3.09. The molecule has 0 aliphatic carbocycles. The molecule has 1 saturated heterocycles. The molecule has 1 atom stereocenters. The monoisotopic (exact) mass is 342 g/mol. The molecule has 4 nitrogen and oxygen atoms in total. The molecule has 0 aromatic heterocycles. The maximum Gasteiger partial charge on any atom is 0.234 e. The lowest BCUT2D eigenvalue weighted by molar-refractivity contribution is -0.122. The second kappa shape index (κ2) is 8.12. The van der Waals surface area contributed by atoms with Crippen LogP contribution >= 0.6 is 0 Å². The lowest BCUT2D eigenvalue weighted by Crippen LogP contribution is -2.36. The smallest absolute Gasteiger partial charge is 0.234 e. The highest BCUT2D eigenvalue weighted by molar-refractivity contribution is 5.78. The molecule has 5 heteroatoms. The van der Waals surface area contributed by atoms with E-state index in [-0.39, 0.29) is 24.3 Å². The summed E-state index contributed by atoms with van der Waals surface area (Å²) in [5.74, 6) is 0.458. The Morgan fingerprint density at radius 1 is 1.24 bits per heavy atom. The highest BCUT2D eigenvalue weighted by Gasteiger charge is 2.27. The second-order valence-corrected chi connectivity index (χ2v) is 6.27. The normalized spacial score (nSPS) is 17.4. The van der Waals surface area contributed by atoms with Gasteiger partial charge in [0.05, 0.1) is 13.7 Å². The fourth-order valence-corrected chi connectivity index (χ4v) is 3.29. The Morgan fingerprint density at radius 3 is 2.72 bits per heavy atom. The van der Waals surface area contributed by atoms with Gasteiger partial charge in [-0.3, -0.25) is 9.69 Å². The molecule has 1 fully saturated rings. The summed E-state index contributed by atoms with van der Waals surface area (Å²) in [4.78, 5) is 14.4. The van der Waals surface area contributed by atoms with Crippen molar-refractivity contribution in [3.63, 3.8) is 0 Å². The number of halogens is 1. The number of nitrogens with zero attached hydrogens (tertiary/aromatic N) is 1. The minimum Gasteiger partial charge on any atom is -0.497 e. The zero-order valence-corrected chi connectivity index (χ0v) is 14.4. The van der Waals surface area contributed by atoms with Gasteiger partial charge in [-0.15, -0.1) is 0 Å². The summed E-state index contributed by atoms with van der Waals surface area (Å²) in [6, 6.07) is 14.7. The highest BCUT2D eigenvalue weighted by atomic mass is 19.1. The molecule has 1 heterocycles. The predicted molar refractivity (Wildman–Crippen MR) is 94.8 cm³/mol. The van der Waals surface area contributed by atoms with Gasteiger partial charge in [0.15, 0.2) is 0 Å². The van der Waals surface area contributed by atoms with Gasteiger partial charge in [-0.1, -0.05) is 30.3 Å². The van der Waals surface area contributed by atoms with Gasteiger partial charge in [-0.2, -0.15) is 0 Å². The van der Waals surface area contributed by atoms with Crippen LogP contribution in [-0.4, -0.2) is 31.0 Å². The van der Waals surface area contributed by atoms with Gasteiger partial charge in [-0.25, -0.2) is 4.39 Å². The summed E-state index contributed by atoms with van der Waals surface area (Å²) in [6.07, 6.45) is 2.10. The molecule has 1 unspecified atom stereocenters. The Kier molecular flexibility index (Phi) is 5.66. The Morgan fingerprint density at radius 2 is 2.00 bits per heavy atom. The first kappa shape index (κ1) is 17.4. The largest absolute Gasteiger partial charge is 0.497 e. The van der Waals surface area contributed by atoms with E-state index in [1.807, 2.05) is 12.1 Å². The fraction of sp³-hybridized carbons (Fsp3) is 0.350. The first-order chi connectivity index (χ1) is 12.2. The summed E-state index contributed by atoms with van der Waals surface area (Å²) in [7, 11) is 1.65. The maximum atomic E-state index is 13.6. The summed E-state index contributed by atoms with van der Waals surface area (Å²) < 4.78 is 18.8. The van der Waals surface area contributed by atoms with E-state index < -0.39 is 0 Å². The van der Waals surface area contributed by atoms with Crippen molar-refractivity contribution in [3.8, 4) is 5.75 Å². The zero-order chi connectivity index (χ0) is 17.6. The van der Waals surface area contributed by atoms with Crippen LogP contribution in [0, 0.1) is 5.82 Å². The van der Waals surface area contributed by atoms with Crippen molar-refractivity contribution in [1.29, 1.82) is 0 Å². The van der Waals surface area contributed by atoms with Crippen LogP contribution in [0.1, 0.15) is 30.0 Å². The molecule has 3 rings (SSSR count). The molecule has 132 valence electrons. The molecule has 0 spiro atoms. The SMILES string of the molecule is COc1ccc(C2CCCN2CC(=O)NCc2ccccc2F)cc1. The van der Waals surface area contributed by atoms with Crippen molar-refractivity contribution in [2.75, 3.05) is 20.2 Å². The van der Waals surface area contributed by atoms with Crippen LogP contribution in [0.15, 0.2) is 48.5 Å². The van der Waals surface area contributed by atoms with Gasteiger partial charge < -0.3 is 10.1 Å². The van der Waals surface area contributed by atoms with Crippen molar-refractivity contribution in [3.05, 3.63) is 65.5 Å². The Labute approximate surface area is 147 Å². The predicted octanol–water partition coefficient (Wildman–Crippen LogP) is 3.29. The molecule has 0 saturated carbocycles. The minimum atomic E-state index is -0.292. The van der Waals surface area contributed by atoms with Crippen molar-refractivity contribution < 1.29 is 13.9 Å². The lowest BCUT2D eigenvalue weighted by atomic mass is 10.0. The van der Waals surface area contributed by atoms with Crippen molar-refractivity contribution in [2.45, 2.75) is 25.4 Å². The molecular weight excluding hydrogens is 319 g/mol. The number of carbonyl (C=O) groups excluding carboxylic acids is 1. The van der Waals surface area contributed by atoms with E-state index in [9.17, 15) is 9.18 Å². The number of amides is 1. The van der Waals surface area contributed by atoms with Gasteiger partial charge in [0.1, 0.15) is 11.6 Å². The van der Waals surface area contributed by atoms with Crippen molar-refractivity contribution in [2.24, 2.45) is 0 Å². The van der Waals surface area contributed by atoms with Gasteiger partial charge in [0.25, 0.3) is 0 Å². The average molecular weight is 342 g/mol. The van der Waals surface area contributed by atoms with E-state index in [0.29, 0.717) is 12.1 Å². The third-order valence-corrected chi connectivity index (χ3v) is 4.64. The number of likely N-dealkylation sites (tertiary alicyclic amines) is 1. The standard InChI is InChI=1S/C20H23FN2O2/c1-25-17-10-8-15(9-11-17)19-7-4-12-23(19)14-20(24)22-13-16-5-2-3-6-18(16)21/h2-3,5-6,8-11,19H,4,7,12-14H2,1H3,(H,22,24). The van der Waals surface area contributed by atoms with E-state index in [2.05, 4.69) is 22.3 Å². The quantitative estimate of drug-likeness (QED) is 0.876. The molecular formula is C20H23FN2O2. The van der Waals surface area contributed by atoms with Crippen LogP contribution in [0.25, 0.3) is 0 Å². The molecule has 1 N–H and O–H groups in total. The topological polar surface area (TPSA) is 41.6 Å². The van der Waals surface area contributed by atoms with Gasteiger partial charge in [0, 0.05) is 18.2 Å². The number of hydrogen-bond acceptors (Lipinski definition) is 3. The summed E-state index contributed by atoms with van der Waals surface area (Å²) in [5.41, 5.74) is 1.70. The van der Waals surface area contributed by atoms with Crippen molar-refractivity contribution >= 4 is 5.91 Å². The third-order valence-electron chi connectivity index (χ3n) is 4.64. The van der Waals surface area contributed by atoms with E-state index in [1.54, 1.807) is 25.3 Å². The zero-order valence-electron chi connectivity index (χ0n) is 14.4. The molecule has 1 aliphatic rings. The van der Waals surface area contributed by atoms with E-state index in [4.69, 9.17) is 4.74 Å². The third kappa shape index (κ3) is 4.37. The molecule has 1 amide bonds. The number of carbonyl (C=O) groups is 1. The van der Waals surface area contributed by atoms with Gasteiger partial charge >= 0.3 is 0 Å². The van der Waals surface area contributed by atoms with Crippen molar-refractivity contribution in [1.82, 2.24) is 10.2 Å². The number of benzene rings is 2. The van der Waals surface area contributed by atoms with Crippen LogP contribution in [0.4, 0.5) is 4.39 Å². The lowest BCUT2D eigenvalue weighted by Gasteiger charge is -2.24. The van der Waals surface area contributed by atoms with Crippen LogP contribution in [-0.2, 0) is 11.3 Å². The summed E-state index contributed by atoms with van der Waals surface area (Å²) in [5, 5.41) is 2.82. The molecule has 2 aromatic rings. The number of rotatable bonds is 6. The molecule has 25 heavy (non-hydrogen) atoms. The number of nitrogens with one attached hydrogen (secondary N) is 1. The number of hydrogen-bond donors (Lipinski definition) is 1. The van der Waals surface area contributed by atoms with E-state index >= 15 is 0 Å². The number of ether oxygens (including phenoxy) is 1. The van der Waals surface area contributed by atoms with Gasteiger partial charge in [-0.05, 0) is 43.1 Å². The van der Waals surface area contributed by atoms with E-state index in [0.717, 1.165) is 25.1 Å². The van der Waals surface area contributed by atoms with Gasteiger partial charge in [0.2, 0.25) is 5.91 Å². The number of methoxy groups -OCH3 is 1. The Hall–Kier alpha value is -2.40. The molecule has 2 aromatic carbocycles. The van der Waals surface area contributed by atoms with Crippen LogP contribution < -0.4 is 10.1 Å². The van der Waals surface area contributed by atoms with Crippen LogP contribution in [0.2, 0.25) is 0 Å². The molecule has 1 aliphatic heterocycles. The molecule has 0 radical (unpaired) electrons. The summed E-state index contributed by atoms with van der Waals surface area (Å²) >= 11 is 0. The minimum absolute atomic E-state index is 0.0799. The van der Waals surface area contributed by atoms with Crippen LogP contribution in [0.3, 0.4) is 0 Å². The first-order valence-corrected chi connectivity index (χ1v) is 8.55. The summed E-state index contributed by atoms with van der Waals surface area (Å²) in [6.45, 7) is 1.43. The maximum absolute atomic E-state index is 13.6. The highest BCUT2D eigenvalue weighted by Crippen LogP contribution is 2.32.